The highest BCUT2D eigenvalue weighted by Gasteiger charge is 2.24. The number of amides is 1. The summed E-state index contributed by atoms with van der Waals surface area (Å²) < 4.78 is 16.0. The minimum atomic E-state index is -0.193. The minimum absolute atomic E-state index is 0.193. The Hall–Kier alpha value is -2.93. The molecule has 1 aliphatic rings. The van der Waals surface area contributed by atoms with Crippen LogP contribution in [-0.4, -0.2) is 32.4 Å². The number of ether oxygens (including phenoxy) is 3. The van der Waals surface area contributed by atoms with Crippen molar-refractivity contribution in [2.75, 3.05) is 21.3 Å². The van der Waals surface area contributed by atoms with Gasteiger partial charge in [-0.3, -0.25) is 4.79 Å². The molecule has 0 unspecified atom stereocenters. The van der Waals surface area contributed by atoms with Crippen LogP contribution in [-0.2, 0) is 4.79 Å². The zero-order valence-corrected chi connectivity index (χ0v) is 16.3. The molecule has 0 saturated carbocycles. The van der Waals surface area contributed by atoms with E-state index in [1.807, 2.05) is 31.2 Å². The van der Waals surface area contributed by atoms with Crippen molar-refractivity contribution in [3.63, 3.8) is 0 Å². The molecular formula is C20H20N2O4S. The Morgan fingerprint density at radius 3 is 2.30 bits per heavy atom. The third-order valence-corrected chi connectivity index (χ3v) is 4.88. The number of methoxy groups -OCH3 is 3. The largest absolute Gasteiger partial charge is 0.493 e. The van der Waals surface area contributed by atoms with Crippen molar-refractivity contribution >= 4 is 34.6 Å². The SMILES string of the molecule is COc1cc(/C=C2/SC(=Nc3ccccc3C)NC2=O)cc(OC)c1OC. The van der Waals surface area contributed by atoms with Crippen molar-refractivity contribution < 1.29 is 19.0 Å². The fourth-order valence-electron chi connectivity index (χ4n) is 2.61. The van der Waals surface area contributed by atoms with Crippen LogP contribution in [0.1, 0.15) is 11.1 Å². The third kappa shape index (κ3) is 4.09. The molecule has 1 amide bonds. The highest BCUT2D eigenvalue weighted by molar-refractivity contribution is 8.18. The van der Waals surface area contributed by atoms with Gasteiger partial charge in [-0.1, -0.05) is 18.2 Å². The molecule has 3 rings (SSSR count). The van der Waals surface area contributed by atoms with Gasteiger partial charge in [-0.15, -0.1) is 0 Å². The molecule has 1 fully saturated rings. The fourth-order valence-corrected chi connectivity index (χ4v) is 3.45. The number of carbonyl (C=O) groups excluding carboxylic acids is 1. The summed E-state index contributed by atoms with van der Waals surface area (Å²) in [6.45, 7) is 1.98. The van der Waals surface area contributed by atoms with E-state index in [9.17, 15) is 4.79 Å². The molecule has 7 heteroatoms. The van der Waals surface area contributed by atoms with Crippen molar-refractivity contribution in [3.8, 4) is 17.2 Å². The quantitative estimate of drug-likeness (QED) is 0.792. The molecular weight excluding hydrogens is 364 g/mol. The first-order chi connectivity index (χ1) is 13.0. The van der Waals surface area contributed by atoms with Gasteiger partial charge in [-0.25, -0.2) is 4.99 Å². The number of aryl methyl sites for hydroxylation is 1. The van der Waals surface area contributed by atoms with E-state index in [1.165, 1.54) is 11.8 Å². The molecule has 0 atom stereocenters. The Morgan fingerprint density at radius 1 is 1.04 bits per heavy atom. The first-order valence-electron chi connectivity index (χ1n) is 8.21. The lowest BCUT2D eigenvalue weighted by molar-refractivity contribution is -0.115. The number of hydrogen-bond donors (Lipinski definition) is 1. The van der Waals surface area contributed by atoms with Crippen molar-refractivity contribution in [2.24, 2.45) is 4.99 Å². The predicted octanol–water partition coefficient (Wildman–Crippen LogP) is 3.91. The van der Waals surface area contributed by atoms with Gasteiger partial charge >= 0.3 is 0 Å². The molecule has 0 aliphatic carbocycles. The Bertz CT molecular complexity index is 912. The second-order valence-electron chi connectivity index (χ2n) is 5.73. The number of amidine groups is 1. The van der Waals surface area contributed by atoms with Gasteiger partial charge in [0.15, 0.2) is 16.7 Å². The van der Waals surface area contributed by atoms with Crippen LogP contribution in [0.2, 0.25) is 0 Å². The van der Waals surface area contributed by atoms with Crippen LogP contribution in [0.3, 0.4) is 0 Å². The van der Waals surface area contributed by atoms with E-state index in [0.717, 1.165) is 16.8 Å². The summed E-state index contributed by atoms with van der Waals surface area (Å²) in [6.07, 6.45) is 1.77. The molecule has 0 aromatic heterocycles. The van der Waals surface area contributed by atoms with E-state index < -0.39 is 0 Å². The molecule has 1 heterocycles. The number of aliphatic imine (C=N–C) groups is 1. The second kappa shape index (κ2) is 8.18. The molecule has 140 valence electrons. The van der Waals surface area contributed by atoms with E-state index >= 15 is 0 Å². The normalized spacial score (nSPS) is 16.5. The van der Waals surface area contributed by atoms with Crippen molar-refractivity contribution in [2.45, 2.75) is 6.92 Å². The molecule has 0 radical (unpaired) electrons. The lowest BCUT2D eigenvalue weighted by atomic mass is 10.1. The lowest BCUT2D eigenvalue weighted by Crippen LogP contribution is -2.19. The Morgan fingerprint density at radius 2 is 1.70 bits per heavy atom. The number of rotatable bonds is 5. The fraction of sp³-hybridized carbons (Fsp3) is 0.200. The second-order valence-corrected chi connectivity index (χ2v) is 6.76. The summed E-state index contributed by atoms with van der Waals surface area (Å²) in [5.41, 5.74) is 2.63. The summed E-state index contributed by atoms with van der Waals surface area (Å²) >= 11 is 1.29. The smallest absolute Gasteiger partial charge is 0.264 e. The minimum Gasteiger partial charge on any atom is -0.493 e. The van der Waals surface area contributed by atoms with Crippen LogP contribution in [0, 0.1) is 6.92 Å². The predicted molar refractivity (Wildman–Crippen MR) is 108 cm³/mol. The molecule has 27 heavy (non-hydrogen) atoms. The van der Waals surface area contributed by atoms with E-state index in [2.05, 4.69) is 10.3 Å². The van der Waals surface area contributed by atoms with E-state index in [-0.39, 0.29) is 5.91 Å². The van der Waals surface area contributed by atoms with Crippen molar-refractivity contribution in [1.29, 1.82) is 0 Å². The van der Waals surface area contributed by atoms with E-state index in [1.54, 1.807) is 39.5 Å². The maximum Gasteiger partial charge on any atom is 0.264 e. The molecule has 2 aromatic rings. The summed E-state index contributed by atoms with van der Waals surface area (Å²) in [4.78, 5) is 17.4. The number of nitrogens with one attached hydrogen (secondary N) is 1. The van der Waals surface area contributed by atoms with Crippen LogP contribution >= 0.6 is 11.8 Å². The molecule has 2 aromatic carbocycles. The van der Waals surface area contributed by atoms with E-state index in [4.69, 9.17) is 14.2 Å². The Labute approximate surface area is 162 Å². The average molecular weight is 384 g/mol. The number of hydrogen-bond acceptors (Lipinski definition) is 6. The number of para-hydroxylation sites is 1. The monoisotopic (exact) mass is 384 g/mol. The Balaban J connectivity index is 1.92. The molecule has 1 saturated heterocycles. The summed E-state index contributed by atoms with van der Waals surface area (Å²) in [6, 6.07) is 11.3. The zero-order chi connectivity index (χ0) is 19.4. The highest BCUT2D eigenvalue weighted by atomic mass is 32.2. The molecule has 0 bridgehead atoms. The Kier molecular flexibility index (Phi) is 5.71. The third-order valence-electron chi connectivity index (χ3n) is 3.97. The van der Waals surface area contributed by atoms with Crippen molar-refractivity contribution in [3.05, 3.63) is 52.4 Å². The maximum atomic E-state index is 12.3. The molecule has 0 spiro atoms. The van der Waals surface area contributed by atoms with Gasteiger partial charge in [0.2, 0.25) is 5.75 Å². The van der Waals surface area contributed by atoms with Crippen molar-refractivity contribution in [1.82, 2.24) is 5.32 Å². The number of nitrogens with zero attached hydrogens (tertiary/aromatic N) is 1. The molecule has 1 aliphatic heterocycles. The standard InChI is InChI=1S/C20H20N2O4S/c1-12-7-5-6-8-14(12)21-20-22-19(23)17(27-20)11-13-9-15(24-2)18(26-4)16(10-13)25-3/h5-11H,1-4H3,(H,21,22,23)/b17-11+. The van der Waals surface area contributed by atoms with Gasteiger partial charge in [-0.05, 0) is 54.1 Å². The lowest BCUT2D eigenvalue weighted by Gasteiger charge is -2.12. The highest BCUT2D eigenvalue weighted by Crippen LogP contribution is 2.39. The van der Waals surface area contributed by atoms with Crippen LogP contribution in [0.4, 0.5) is 5.69 Å². The molecule has 1 N–H and O–H groups in total. The van der Waals surface area contributed by atoms with Crippen LogP contribution in [0.5, 0.6) is 17.2 Å². The topological polar surface area (TPSA) is 69.2 Å². The van der Waals surface area contributed by atoms with Gasteiger partial charge < -0.3 is 19.5 Å². The summed E-state index contributed by atoms with van der Waals surface area (Å²) in [5, 5.41) is 3.35. The van der Waals surface area contributed by atoms with E-state index in [0.29, 0.717) is 27.3 Å². The number of carbonyl (C=O) groups is 1. The number of thioether (sulfide) groups is 1. The van der Waals surface area contributed by atoms with Gasteiger partial charge in [-0.2, -0.15) is 0 Å². The van der Waals surface area contributed by atoms with Gasteiger partial charge in [0.25, 0.3) is 5.91 Å². The zero-order valence-electron chi connectivity index (χ0n) is 15.5. The van der Waals surface area contributed by atoms with Gasteiger partial charge in [0.1, 0.15) is 0 Å². The summed E-state index contributed by atoms with van der Waals surface area (Å²) in [5.74, 6) is 1.37. The first kappa shape index (κ1) is 18.8. The van der Waals surface area contributed by atoms with Crippen LogP contribution < -0.4 is 19.5 Å². The summed E-state index contributed by atoms with van der Waals surface area (Å²) in [7, 11) is 4.66. The maximum absolute atomic E-state index is 12.3. The molecule has 6 nitrogen and oxygen atoms in total. The first-order valence-corrected chi connectivity index (χ1v) is 9.02. The van der Waals surface area contributed by atoms with Gasteiger partial charge in [0.05, 0.1) is 31.9 Å². The van der Waals surface area contributed by atoms with Crippen LogP contribution in [0.15, 0.2) is 46.3 Å². The van der Waals surface area contributed by atoms with Crippen LogP contribution in [0.25, 0.3) is 6.08 Å². The number of benzene rings is 2. The average Bonchev–Trinajstić information content (AvgIpc) is 3.01. The van der Waals surface area contributed by atoms with Gasteiger partial charge in [0, 0.05) is 0 Å².